The summed E-state index contributed by atoms with van der Waals surface area (Å²) in [5, 5.41) is 17.6. The molecule has 1 rings (SSSR count). The van der Waals surface area contributed by atoms with Gasteiger partial charge < -0.3 is 14.9 Å². The van der Waals surface area contributed by atoms with Gasteiger partial charge in [0.2, 0.25) is 0 Å². The average Bonchev–Trinajstić information content (AvgIpc) is 1.85. The van der Waals surface area contributed by atoms with Crippen LogP contribution in [0.1, 0.15) is 13.3 Å². The molecule has 0 radical (unpaired) electrons. The van der Waals surface area contributed by atoms with Crippen molar-refractivity contribution in [3.05, 3.63) is 0 Å². The Hall–Kier alpha value is -0.120. The second kappa shape index (κ2) is 2.01. The Balaban J connectivity index is 2.39. The Morgan fingerprint density at radius 1 is 1.50 bits per heavy atom. The molecule has 0 amide bonds. The number of aliphatic hydroxyl groups excluding tert-OH is 2. The number of hydrogen-bond acceptors (Lipinski definition) is 3. The Kier molecular flexibility index (Phi) is 1.51. The van der Waals surface area contributed by atoms with Crippen LogP contribution in [-0.4, -0.2) is 28.7 Å². The molecule has 0 saturated carbocycles. The third-order valence-corrected chi connectivity index (χ3v) is 1.36. The van der Waals surface area contributed by atoms with Crippen LogP contribution in [0.3, 0.4) is 0 Å². The SMILES string of the molecule is C[C@H]1OC(O)C[C@@H]1O. The second-order valence-electron chi connectivity index (χ2n) is 2.10. The van der Waals surface area contributed by atoms with Crippen LogP contribution in [0.25, 0.3) is 0 Å². The van der Waals surface area contributed by atoms with Gasteiger partial charge in [-0.25, -0.2) is 0 Å². The lowest BCUT2D eigenvalue weighted by molar-refractivity contribution is -0.0889. The number of hydrogen-bond donors (Lipinski definition) is 2. The van der Waals surface area contributed by atoms with Crippen molar-refractivity contribution in [3.63, 3.8) is 0 Å². The minimum absolute atomic E-state index is 0.204. The third-order valence-electron chi connectivity index (χ3n) is 1.36. The second-order valence-corrected chi connectivity index (χ2v) is 2.10. The predicted molar refractivity (Wildman–Crippen MR) is 27.2 cm³/mol. The van der Waals surface area contributed by atoms with Crippen LogP contribution in [-0.2, 0) is 4.74 Å². The van der Waals surface area contributed by atoms with Crippen LogP contribution >= 0.6 is 0 Å². The van der Waals surface area contributed by atoms with Gasteiger partial charge >= 0.3 is 0 Å². The molecule has 0 spiro atoms. The molecule has 0 aliphatic carbocycles. The van der Waals surface area contributed by atoms with Gasteiger partial charge in [0.15, 0.2) is 6.29 Å². The smallest absolute Gasteiger partial charge is 0.157 e. The van der Waals surface area contributed by atoms with Crippen molar-refractivity contribution in [2.45, 2.75) is 31.8 Å². The predicted octanol–water partition coefficient (Wildman–Crippen LogP) is -0.526. The van der Waals surface area contributed by atoms with Crippen LogP contribution in [0, 0.1) is 0 Å². The standard InChI is InChI=1S/C5H10O3/c1-3-4(6)2-5(7)8-3/h3-7H,2H2,1H3/t3-,4+,5?/m1/s1. The Morgan fingerprint density at radius 3 is 2.25 bits per heavy atom. The van der Waals surface area contributed by atoms with Crippen molar-refractivity contribution in [2.24, 2.45) is 0 Å². The van der Waals surface area contributed by atoms with E-state index in [9.17, 15) is 0 Å². The molecule has 1 aliphatic heterocycles. The first kappa shape index (κ1) is 6.01. The monoisotopic (exact) mass is 118 g/mol. The summed E-state index contributed by atoms with van der Waals surface area (Å²) in [7, 11) is 0. The highest BCUT2D eigenvalue weighted by atomic mass is 16.6. The molecule has 3 heteroatoms. The summed E-state index contributed by atoms with van der Waals surface area (Å²) >= 11 is 0. The van der Waals surface area contributed by atoms with Crippen molar-refractivity contribution in [1.82, 2.24) is 0 Å². The van der Waals surface area contributed by atoms with E-state index >= 15 is 0 Å². The highest BCUT2D eigenvalue weighted by Crippen LogP contribution is 2.16. The molecule has 1 heterocycles. The fourth-order valence-electron chi connectivity index (χ4n) is 0.792. The first-order valence-corrected chi connectivity index (χ1v) is 2.71. The minimum Gasteiger partial charge on any atom is -0.390 e. The molecule has 1 saturated heterocycles. The first-order chi connectivity index (χ1) is 3.70. The molecule has 3 atom stereocenters. The summed E-state index contributed by atoms with van der Waals surface area (Å²) in [6.07, 6.45) is -1.09. The van der Waals surface area contributed by atoms with Gasteiger partial charge in [0.1, 0.15) is 0 Å². The Morgan fingerprint density at radius 2 is 2.12 bits per heavy atom. The first-order valence-electron chi connectivity index (χ1n) is 2.71. The van der Waals surface area contributed by atoms with Crippen LogP contribution in [0.5, 0.6) is 0 Å². The van der Waals surface area contributed by atoms with Crippen LogP contribution in [0.2, 0.25) is 0 Å². The van der Waals surface area contributed by atoms with Gasteiger partial charge in [0.25, 0.3) is 0 Å². The van der Waals surface area contributed by atoms with E-state index in [1.54, 1.807) is 6.92 Å². The van der Waals surface area contributed by atoms with Gasteiger partial charge in [-0.3, -0.25) is 0 Å². The van der Waals surface area contributed by atoms with Gasteiger partial charge in [0, 0.05) is 6.42 Å². The topological polar surface area (TPSA) is 49.7 Å². The van der Waals surface area contributed by atoms with E-state index in [1.807, 2.05) is 0 Å². The largest absolute Gasteiger partial charge is 0.390 e. The third kappa shape index (κ3) is 0.992. The van der Waals surface area contributed by atoms with Crippen molar-refractivity contribution < 1.29 is 14.9 Å². The fourth-order valence-corrected chi connectivity index (χ4v) is 0.792. The number of aliphatic hydroxyl groups is 2. The Bertz CT molecular complexity index is 73.7. The summed E-state index contributed by atoms with van der Waals surface area (Å²) in [6, 6.07) is 0. The van der Waals surface area contributed by atoms with Gasteiger partial charge in [-0.05, 0) is 6.92 Å². The van der Waals surface area contributed by atoms with E-state index in [4.69, 9.17) is 14.9 Å². The lowest BCUT2D eigenvalue weighted by atomic mass is 10.2. The van der Waals surface area contributed by atoms with E-state index < -0.39 is 12.4 Å². The summed E-state index contributed by atoms with van der Waals surface area (Å²) in [5.74, 6) is 0. The van der Waals surface area contributed by atoms with E-state index in [-0.39, 0.29) is 6.10 Å². The lowest BCUT2D eigenvalue weighted by Crippen LogP contribution is -2.15. The molecule has 0 aromatic carbocycles. The normalized spacial score (nSPS) is 47.6. The summed E-state index contributed by atoms with van der Waals surface area (Å²) in [5.41, 5.74) is 0. The zero-order valence-electron chi connectivity index (χ0n) is 4.74. The highest BCUT2D eigenvalue weighted by Gasteiger charge is 2.28. The maximum atomic E-state index is 8.88. The molecular formula is C5H10O3. The summed E-state index contributed by atoms with van der Waals surface area (Å²) in [6.45, 7) is 1.74. The van der Waals surface area contributed by atoms with Crippen LogP contribution < -0.4 is 0 Å². The molecular weight excluding hydrogens is 108 g/mol. The van der Waals surface area contributed by atoms with Crippen molar-refractivity contribution >= 4 is 0 Å². The van der Waals surface area contributed by atoms with E-state index in [0.29, 0.717) is 6.42 Å². The van der Waals surface area contributed by atoms with Gasteiger partial charge in [-0.2, -0.15) is 0 Å². The van der Waals surface area contributed by atoms with E-state index in [0.717, 1.165) is 0 Å². The summed E-state index contributed by atoms with van der Waals surface area (Å²) in [4.78, 5) is 0. The highest BCUT2D eigenvalue weighted by molar-refractivity contribution is 4.72. The quantitative estimate of drug-likeness (QED) is 0.449. The van der Waals surface area contributed by atoms with E-state index in [2.05, 4.69) is 0 Å². The summed E-state index contributed by atoms with van der Waals surface area (Å²) < 4.78 is 4.78. The maximum absolute atomic E-state index is 8.88. The van der Waals surface area contributed by atoms with E-state index in [1.165, 1.54) is 0 Å². The van der Waals surface area contributed by atoms with Gasteiger partial charge in [0.05, 0.1) is 12.2 Å². The molecule has 8 heavy (non-hydrogen) atoms. The van der Waals surface area contributed by atoms with Crippen molar-refractivity contribution in [2.75, 3.05) is 0 Å². The molecule has 1 unspecified atom stereocenters. The molecule has 1 aliphatic rings. The lowest BCUT2D eigenvalue weighted by Gasteiger charge is -2.03. The van der Waals surface area contributed by atoms with Crippen molar-refractivity contribution in [3.8, 4) is 0 Å². The molecule has 48 valence electrons. The zero-order valence-corrected chi connectivity index (χ0v) is 4.74. The molecule has 1 fully saturated rings. The molecule has 2 N–H and O–H groups in total. The van der Waals surface area contributed by atoms with Crippen LogP contribution in [0.15, 0.2) is 0 Å². The number of rotatable bonds is 0. The molecule has 0 aromatic rings. The number of ether oxygens (including phenoxy) is 1. The molecule has 0 bridgehead atoms. The minimum atomic E-state index is -0.750. The van der Waals surface area contributed by atoms with Gasteiger partial charge in [-0.1, -0.05) is 0 Å². The fraction of sp³-hybridized carbons (Fsp3) is 1.00. The molecule has 0 aromatic heterocycles. The molecule has 3 nitrogen and oxygen atoms in total. The zero-order chi connectivity index (χ0) is 6.15. The van der Waals surface area contributed by atoms with Crippen LogP contribution in [0.4, 0.5) is 0 Å². The van der Waals surface area contributed by atoms with Crippen molar-refractivity contribution in [1.29, 1.82) is 0 Å². The maximum Gasteiger partial charge on any atom is 0.157 e. The average molecular weight is 118 g/mol. The van der Waals surface area contributed by atoms with Gasteiger partial charge in [-0.15, -0.1) is 0 Å². The Labute approximate surface area is 47.9 Å².